The van der Waals surface area contributed by atoms with Crippen LogP contribution in [-0.2, 0) is 28.1 Å². The highest BCUT2D eigenvalue weighted by Crippen LogP contribution is 2.50. The van der Waals surface area contributed by atoms with Crippen LogP contribution < -0.4 is 14.4 Å². The number of amides is 2. The number of hydrogen-bond acceptors (Lipinski definition) is 9. The predicted molar refractivity (Wildman–Crippen MR) is 196 cm³/mol. The maximum atomic E-state index is 14.0. The van der Waals surface area contributed by atoms with Crippen LogP contribution in [0.25, 0.3) is 11.0 Å². The quantitative estimate of drug-likeness (QED) is 0.254. The first-order chi connectivity index (χ1) is 24.7. The van der Waals surface area contributed by atoms with Crippen molar-refractivity contribution >= 4 is 28.7 Å². The molecule has 0 atom stereocenters. The van der Waals surface area contributed by atoms with E-state index in [1.54, 1.807) is 20.5 Å². The van der Waals surface area contributed by atoms with Gasteiger partial charge in [0.05, 0.1) is 37.9 Å². The molecule has 0 unspecified atom stereocenters. The molecular formula is C39H50N8O4. The molecule has 12 nitrogen and oxygen atoms in total. The van der Waals surface area contributed by atoms with Crippen LogP contribution in [0.2, 0.25) is 0 Å². The van der Waals surface area contributed by atoms with E-state index in [4.69, 9.17) is 9.47 Å². The molecule has 2 aliphatic heterocycles. The summed E-state index contributed by atoms with van der Waals surface area (Å²) < 4.78 is 13.3. The van der Waals surface area contributed by atoms with E-state index in [2.05, 4.69) is 73.1 Å². The van der Waals surface area contributed by atoms with Crippen molar-refractivity contribution in [3.05, 3.63) is 71.2 Å². The zero-order chi connectivity index (χ0) is 35.7. The number of carbonyl (C=O) groups excluding carboxylic acids is 2. The summed E-state index contributed by atoms with van der Waals surface area (Å²) in [6.45, 7) is 6.76. The number of benzene rings is 2. The standard InChI is InChI=1S/C39H50N8O4/c1-27-7-6-8-28(21-27)25-47-37-31(24-42-47)36(40-26-41-37)44-17-19-45(20-18-44)38(49)29-9-13-39(14-10-29)32-23-34(51-5)33(50-4)22-30(32)11-16-46(39)35(48)12-15-43(2)3/h6-8,21-24,26,29H,9-20,25H2,1-5H3/t29-,39+. The molecule has 2 fully saturated rings. The molecule has 0 radical (unpaired) electrons. The molecule has 4 heterocycles. The average molecular weight is 695 g/mol. The van der Waals surface area contributed by atoms with Gasteiger partial charge in [0.2, 0.25) is 11.8 Å². The van der Waals surface area contributed by atoms with Gasteiger partial charge in [0.15, 0.2) is 17.1 Å². The van der Waals surface area contributed by atoms with E-state index in [9.17, 15) is 9.59 Å². The highest BCUT2D eigenvalue weighted by Gasteiger charge is 2.49. The molecule has 1 saturated carbocycles. The third-order valence-corrected chi connectivity index (χ3v) is 11.2. The zero-order valence-corrected chi connectivity index (χ0v) is 30.6. The average Bonchev–Trinajstić information content (AvgIpc) is 3.56. The van der Waals surface area contributed by atoms with Gasteiger partial charge in [-0.1, -0.05) is 29.8 Å². The number of piperazine rings is 1. The zero-order valence-electron chi connectivity index (χ0n) is 30.6. The summed E-state index contributed by atoms with van der Waals surface area (Å²) in [4.78, 5) is 45.5. The number of aryl methyl sites for hydroxylation is 1. The van der Waals surface area contributed by atoms with Crippen LogP contribution in [0.3, 0.4) is 0 Å². The maximum absolute atomic E-state index is 14.0. The van der Waals surface area contributed by atoms with Crippen molar-refractivity contribution in [2.75, 3.05) is 72.5 Å². The fourth-order valence-electron chi connectivity index (χ4n) is 8.48. The van der Waals surface area contributed by atoms with Crippen LogP contribution in [0.15, 0.2) is 48.9 Å². The molecule has 12 heteroatoms. The molecule has 4 aromatic rings. The molecule has 0 bridgehead atoms. The Kier molecular flexibility index (Phi) is 9.87. The van der Waals surface area contributed by atoms with Crippen molar-refractivity contribution in [3.8, 4) is 11.5 Å². The summed E-state index contributed by atoms with van der Waals surface area (Å²) >= 11 is 0. The second kappa shape index (κ2) is 14.5. The van der Waals surface area contributed by atoms with Gasteiger partial charge in [0.1, 0.15) is 12.1 Å². The maximum Gasteiger partial charge on any atom is 0.225 e. The van der Waals surface area contributed by atoms with E-state index in [1.807, 2.05) is 29.9 Å². The van der Waals surface area contributed by atoms with Crippen molar-refractivity contribution in [1.29, 1.82) is 0 Å². The van der Waals surface area contributed by atoms with Gasteiger partial charge in [-0.05, 0) is 81.9 Å². The van der Waals surface area contributed by atoms with Gasteiger partial charge in [0, 0.05) is 51.6 Å². The summed E-state index contributed by atoms with van der Waals surface area (Å²) in [5.74, 6) is 2.57. The SMILES string of the molecule is COc1cc2c(cc1OC)[C@]1(CC[C@H](C(=O)N3CCN(c4ncnc5c4cnn5Cc4cccc(C)c4)CC3)CC1)N(C(=O)CCN(C)C)CC2. The molecule has 1 aliphatic carbocycles. The summed E-state index contributed by atoms with van der Waals surface area (Å²) in [6.07, 6.45) is 7.66. The number of methoxy groups -OCH3 is 2. The molecular weight excluding hydrogens is 644 g/mol. The Morgan fingerprint density at radius 3 is 2.41 bits per heavy atom. The van der Waals surface area contributed by atoms with Gasteiger partial charge in [-0.3, -0.25) is 9.59 Å². The third-order valence-electron chi connectivity index (χ3n) is 11.2. The van der Waals surface area contributed by atoms with E-state index >= 15 is 0 Å². The van der Waals surface area contributed by atoms with E-state index in [1.165, 1.54) is 16.7 Å². The highest BCUT2D eigenvalue weighted by molar-refractivity contribution is 5.87. The molecule has 1 saturated heterocycles. The van der Waals surface area contributed by atoms with E-state index in [-0.39, 0.29) is 17.7 Å². The molecule has 7 rings (SSSR count). The minimum atomic E-state index is -0.464. The highest BCUT2D eigenvalue weighted by atomic mass is 16.5. The Balaban J connectivity index is 1.04. The van der Waals surface area contributed by atoms with Crippen LogP contribution >= 0.6 is 0 Å². The third kappa shape index (κ3) is 6.73. The lowest BCUT2D eigenvalue weighted by atomic mass is 9.68. The Bertz CT molecular complexity index is 1890. The van der Waals surface area contributed by atoms with Gasteiger partial charge in [-0.15, -0.1) is 0 Å². The number of fused-ring (bicyclic) bond motifs is 3. The Hall–Kier alpha value is -4.71. The lowest BCUT2D eigenvalue weighted by molar-refractivity contribution is -0.144. The van der Waals surface area contributed by atoms with Crippen LogP contribution in [0.5, 0.6) is 11.5 Å². The molecule has 3 aliphatic rings. The smallest absolute Gasteiger partial charge is 0.225 e. The van der Waals surface area contributed by atoms with E-state index in [0.29, 0.717) is 63.7 Å². The topological polar surface area (TPSA) is 109 Å². The van der Waals surface area contributed by atoms with Gasteiger partial charge in [-0.25, -0.2) is 14.6 Å². The van der Waals surface area contributed by atoms with Crippen LogP contribution in [0.4, 0.5) is 5.82 Å². The number of rotatable bonds is 9. The van der Waals surface area contributed by atoms with Crippen molar-refractivity contribution in [2.24, 2.45) is 5.92 Å². The number of ether oxygens (including phenoxy) is 2. The first kappa shape index (κ1) is 34.7. The molecule has 2 amide bonds. The lowest BCUT2D eigenvalue weighted by Crippen LogP contribution is -2.56. The minimum absolute atomic E-state index is 0.0722. The van der Waals surface area contributed by atoms with Gasteiger partial charge in [0.25, 0.3) is 0 Å². The number of carbonyl (C=O) groups is 2. The number of aromatic nitrogens is 4. The van der Waals surface area contributed by atoms with E-state index < -0.39 is 5.54 Å². The fourth-order valence-corrected chi connectivity index (χ4v) is 8.48. The largest absolute Gasteiger partial charge is 0.493 e. The molecule has 51 heavy (non-hydrogen) atoms. The molecule has 2 aromatic carbocycles. The Labute approximate surface area is 300 Å². The monoisotopic (exact) mass is 694 g/mol. The van der Waals surface area contributed by atoms with Crippen LogP contribution in [-0.4, -0.2) is 114 Å². The van der Waals surface area contributed by atoms with Crippen molar-refractivity contribution in [2.45, 2.75) is 57.5 Å². The summed E-state index contributed by atoms with van der Waals surface area (Å²) in [5.41, 5.74) is 5.08. The minimum Gasteiger partial charge on any atom is -0.493 e. The fraction of sp³-hybridized carbons (Fsp3) is 0.513. The molecule has 1 spiro atoms. The second-order valence-electron chi connectivity index (χ2n) is 14.6. The van der Waals surface area contributed by atoms with Crippen molar-refractivity contribution in [1.82, 2.24) is 34.4 Å². The molecule has 2 aromatic heterocycles. The first-order valence-corrected chi connectivity index (χ1v) is 18.2. The van der Waals surface area contributed by atoms with Crippen molar-refractivity contribution in [3.63, 3.8) is 0 Å². The number of hydrogen-bond donors (Lipinski definition) is 0. The van der Waals surface area contributed by atoms with Crippen molar-refractivity contribution < 1.29 is 19.1 Å². The summed E-state index contributed by atoms with van der Waals surface area (Å²) in [7, 11) is 7.31. The van der Waals surface area contributed by atoms with Crippen LogP contribution in [0, 0.1) is 12.8 Å². The lowest BCUT2D eigenvalue weighted by Gasteiger charge is -2.52. The Morgan fingerprint density at radius 1 is 0.961 bits per heavy atom. The summed E-state index contributed by atoms with van der Waals surface area (Å²) in [5, 5.41) is 5.59. The number of anilines is 1. The van der Waals surface area contributed by atoms with Gasteiger partial charge in [-0.2, -0.15) is 5.10 Å². The second-order valence-corrected chi connectivity index (χ2v) is 14.6. The number of nitrogens with zero attached hydrogens (tertiary/aromatic N) is 8. The van der Waals surface area contributed by atoms with Gasteiger partial charge >= 0.3 is 0 Å². The summed E-state index contributed by atoms with van der Waals surface area (Å²) in [6, 6.07) is 12.6. The normalized spacial score (nSPS) is 20.6. The Morgan fingerprint density at radius 2 is 1.71 bits per heavy atom. The molecule has 0 N–H and O–H groups in total. The van der Waals surface area contributed by atoms with E-state index in [0.717, 1.165) is 54.5 Å². The predicted octanol–water partition coefficient (Wildman–Crippen LogP) is 4.27. The van der Waals surface area contributed by atoms with Crippen LogP contribution in [0.1, 0.15) is 54.4 Å². The first-order valence-electron chi connectivity index (χ1n) is 18.2. The van der Waals surface area contributed by atoms with Gasteiger partial charge < -0.3 is 29.1 Å². The molecule has 270 valence electrons.